The third kappa shape index (κ3) is 8.35. The van der Waals surface area contributed by atoms with Crippen LogP contribution in [0.2, 0.25) is 0 Å². The Morgan fingerprint density at radius 1 is 0.962 bits per heavy atom. The lowest BCUT2D eigenvalue weighted by molar-refractivity contribution is -0.145. The molecule has 0 spiro atoms. The number of nitrogens with zero attached hydrogens (tertiary/aromatic N) is 4. The number of primary amides is 1. The summed E-state index contributed by atoms with van der Waals surface area (Å²) < 4.78 is 25.9. The van der Waals surface area contributed by atoms with Gasteiger partial charge in [-0.15, -0.1) is 5.10 Å². The standard InChI is InChI=1S/C37H47N7O7S/c1-52(50,51)23-29-21-39-42-44(29)28-20-31(35(48)41-37(32(45)33(38)46)16-8-3-9-17-37)43(22-28)36(49)30(18-24-10-4-2-5-11-24)40-34(47)27-15-14-25-12-6-7-13-26(25)19-27/h6-7,12-15,19,21,24,28,30-31H,2-5,8-11,16-18,20,22-23H2,1H3,(H2,38,46)(H,40,47)(H,41,48)/t28-,30+,31-/m0/s1. The molecule has 0 unspecified atom stereocenters. The minimum absolute atomic E-state index is 0.0270. The largest absolute Gasteiger partial charge is 0.363 e. The highest BCUT2D eigenvalue weighted by molar-refractivity contribution is 7.89. The number of benzene rings is 2. The molecule has 6 rings (SSSR count). The number of hydrogen-bond acceptors (Lipinski definition) is 9. The molecule has 0 radical (unpaired) electrons. The molecule has 1 saturated heterocycles. The van der Waals surface area contributed by atoms with Crippen molar-refractivity contribution in [2.45, 2.75) is 106 Å². The highest BCUT2D eigenvalue weighted by Crippen LogP contribution is 2.34. The molecule has 2 aliphatic carbocycles. The molecule has 4 N–H and O–H groups in total. The average Bonchev–Trinajstić information content (AvgIpc) is 3.78. The Kier molecular flexibility index (Phi) is 11.1. The number of rotatable bonds is 12. The van der Waals surface area contributed by atoms with Gasteiger partial charge in [-0.1, -0.05) is 86.9 Å². The third-order valence-corrected chi connectivity index (χ3v) is 11.7. The van der Waals surface area contributed by atoms with E-state index in [2.05, 4.69) is 20.9 Å². The molecule has 15 heteroatoms. The first-order chi connectivity index (χ1) is 24.8. The third-order valence-electron chi connectivity index (χ3n) is 10.9. The highest BCUT2D eigenvalue weighted by Gasteiger charge is 2.49. The molecular formula is C37H47N7O7S. The second kappa shape index (κ2) is 15.5. The molecule has 52 heavy (non-hydrogen) atoms. The van der Waals surface area contributed by atoms with E-state index >= 15 is 0 Å². The minimum atomic E-state index is -3.48. The van der Waals surface area contributed by atoms with Crippen LogP contribution < -0.4 is 16.4 Å². The van der Waals surface area contributed by atoms with Crippen molar-refractivity contribution in [2.24, 2.45) is 11.7 Å². The van der Waals surface area contributed by atoms with E-state index in [0.29, 0.717) is 30.5 Å². The summed E-state index contributed by atoms with van der Waals surface area (Å²) in [5, 5.41) is 15.8. The number of nitrogens with one attached hydrogen (secondary N) is 2. The predicted octanol–water partition coefficient (Wildman–Crippen LogP) is 2.76. The fourth-order valence-electron chi connectivity index (χ4n) is 8.30. The number of fused-ring (bicyclic) bond motifs is 1. The lowest BCUT2D eigenvalue weighted by atomic mass is 9.78. The Morgan fingerprint density at radius 3 is 2.35 bits per heavy atom. The number of sulfone groups is 1. The van der Waals surface area contributed by atoms with Crippen molar-refractivity contribution in [3.05, 3.63) is 59.9 Å². The van der Waals surface area contributed by atoms with Crippen LogP contribution in [-0.4, -0.2) is 88.1 Å². The van der Waals surface area contributed by atoms with Crippen LogP contribution in [0.4, 0.5) is 0 Å². The Labute approximate surface area is 303 Å². The summed E-state index contributed by atoms with van der Waals surface area (Å²) in [4.78, 5) is 69.7. The van der Waals surface area contributed by atoms with Crippen LogP contribution in [0.25, 0.3) is 10.8 Å². The normalized spacial score (nSPS) is 21.4. The van der Waals surface area contributed by atoms with Crippen molar-refractivity contribution in [1.82, 2.24) is 30.5 Å². The van der Waals surface area contributed by atoms with E-state index in [4.69, 9.17) is 5.73 Å². The van der Waals surface area contributed by atoms with Gasteiger partial charge in [0.05, 0.1) is 23.7 Å². The monoisotopic (exact) mass is 733 g/mol. The lowest BCUT2D eigenvalue weighted by Crippen LogP contribution is -2.62. The number of amides is 4. The number of carbonyl (C=O) groups excluding carboxylic acids is 5. The summed E-state index contributed by atoms with van der Waals surface area (Å²) in [6.07, 6.45) is 10.3. The summed E-state index contributed by atoms with van der Waals surface area (Å²) >= 11 is 0. The molecule has 4 amide bonds. The van der Waals surface area contributed by atoms with Gasteiger partial charge in [-0.25, -0.2) is 13.1 Å². The summed E-state index contributed by atoms with van der Waals surface area (Å²) in [5.74, 6) is -3.70. The van der Waals surface area contributed by atoms with Crippen molar-refractivity contribution >= 4 is 50.0 Å². The maximum Gasteiger partial charge on any atom is 0.287 e. The van der Waals surface area contributed by atoms with Crippen LogP contribution in [-0.2, 0) is 34.8 Å². The van der Waals surface area contributed by atoms with E-state index < -0.39 is 62.9 Å². The van der Waals surface area contributed by atoms with Gasteiger partial charge in [0.25, 0.3) is 11.8 Å². The lowest BCUT2D eigenvalue weighted by Gasteiger charge is -2.38. The summed E-state index contributed by atoms with van der Waals surface area (Å²) in [5.41, 5.74) is 4.66. The molecule has 2 saturated carbocycles. The maximum atomic E-state index is 14.8. The first kappa shape index (κ1) is 37.1. The molecule has 1 aliphatic heterocycles. The number of hydrogen-bond donors (Lipinski definition) is 3. The topological polar surface area (TPSA) is 204 Å². The van der Waals surface area contributed by atoms with Gasteiger partial charge in [0.2, 0.25) is 17.6 Å². The number of nitrogens with two attached hydrogens (primary N) is 1. The molecular weight excluding hydrogens is 687 g/mol. The zero-order chi connectivity index (χ0) is 37.0. The summed E-state index contributed by atoms with van der Waals surface area (Å²) in [6.45, 7) is -0.0270. The molecule has 1 aromatic heterocycles. The van der Waals surface area contributed by atoms with Gasteiger partial charge >= 0.3 is 0 Å². The van der Waals surface area contributed by atoms with Gasteiger partial charge in [0.1, 0.15) is 17.6 Å². The van der Waals surface area contributed by atoms with Crippen molar-refractivity contribution in [3.63, 3.8) is 0 Å². The van der Waals surface area contributed by atoms with Gasteiger partial charge < -0.3 is 21.3 Å². The Hall–Kier alpha value is -4.66. The maximum absolute atomic E-state index is 14.8. The van der Waals surface area contributed by atoms with E-state index in [1.807, 2.05) is 30.3 Å². The van der Waals surface area contributed by atoms with Crippen LogP contribution in [0.3, 0.4) is 0 Å². The number of carbonyl (C=O) groups is 5. The number of likely N-dealkylation sites (tertiary alicyclic amines) is 1. The van der Waals surface area contributed by atoms with E-state index in [1.54, 1.807) is 12.1 Å². The number of aromatic nitrogens is 3. The van der Waals surface area contributed by atoms with Crippen LogP contribution >= 0.6 is 0 Å². The Morgan fingerprint density at radius 2 is 1.65 bits per heavy atom. The second-order valence-electron chi connectivity index (χ2n) is 14.8. The quantitative estimate of drug-likeness (QED) is 0.234. The molecule has 3 aliphatic rings. The Bertz CT molecular complexity index is 1950. The van der Waals surface area contributed by atoms with Crippen LogP contribution in [0.1, 0.15) is 99.1 Å². The van der Waals surface area contributed by atoms with Crippen LogP contribution in [0.5, 0.6) is 0 Å². The SMILES string of the molecule is CS(=O)(=O)Cc1cnnn1[C@H]1C[C@@H](C(=O)NC2(C(=O)C(N)=O)CCCCC2)N(C(=O)[C@@H](CC2CCCCC2)NC(=O)c2ccc3ccccc3c2)C1. The molecule has 3 fully saturated rings. The first-order valence-corrected chi connectivity index (χ1v) is 20.2. The first-order valence-electron chi connectivity index (χ1n) is 18.2. The fourth-order valence-corrected chi connectivity index (χ4v) is 9.04. The molecule has 3 atom stereocenters. The number of Topliss-reactive ketones (excluding diaryl/α,β-unsaturated/α-hetero) is 1. The van der Waals surface area contributed by atoms with E-state index in [-0.39, 0.29) is 37.5 Å². The van der Waals surface area contributed by atoms with Crippen molar-refractivity contribution in [3.8, 4) is 0 Å². The Balaban J connectivity index is 1.33. The van der Waals surface area contributed by atoms with Crippen LogP contribution in [0.15, 0.2) is 48.7 Å². The molecule has 3 aromatic rings. The van der Waals surface area contributed by atoms with E-state index in [1.165, 1.54) is 15.8 Å². The van der Waals surface area contributed by atoms with E-state index in [9.17, 15) is 32.4 Å². The zero-order valence-electron chi connectivity index (χ0n) is 29.5. The molecule has 0 bridgehead atoms. The van der Waals surface area contributed by atoms with E-state index in [0.717, 1.165) is 55.6 Å². The van der Waals surface area contributed by atoms with Crippen molar-refractivity contribution in [2.75, 3.05) is 12.8 Å². The minimum Gasteiger partial charge on any atom is -0.363 e. The smallest absolute Gasteiger partial charge is 0.287 e. The fraction of sp³-hybridized carbons (Fsp3) is 0.541. The molecule has 2 aromatic carbocycles. The highest BCUT2D eigenvalue weighted by atomic mass is 32.2. The zero-order valence-corrected chi connectivity index (χ0v) is 30.3. The van der Waals surface area contributed by atoms with Gasteiger partial charge in [-0.2, -0.15) is 0 Å². The van der Waals surface area contributed by atoms with Crippen LogP contribution in [0, 0.1) is 5.92 Å². The van der Waals surface area contributed by atoms with Gasteiger partial charge in [0.15, 0.2) is 9.84 Å². The van der Waals surface area contributed by atoms with Crippen molar-refractivity contribution < 1.29 is 32.4 Å². The predicted molar refractivity (Wildman–Crippen MR) is 192 cm³/mol. The number of ketones is 1. The summed E-state index contributed by atoms with van der Waals surface area (Å²) in [6, 6.07) is 10.3. The van der Waals surface area contributed by atoms with Crippen molar-refractivity contribution in [1.29, 1.82) is 0 Å². The van der Waals surface area contributed by atoms with Gasteiger partial charge in [-0.3, -0.25) is 24.0 Å². The van der Waals surface area contributed by atoms with Gasteiger partial charge in [-0.05, 0) is 48.1 Å². The molecule has 14 nitrogen and oxygen atoms in total. The average molecular weight is 734 g/mol. The van der Waals surface area contributed by atoms with Gasteiger partial charge in [0, 0.05) is 24.8 Å². The molecule has 278 valence electrons. The second-order valence-corrected chi connectivity index (χ2v) is 16.9. The summed E-state index contributed by atoms with van der Waals surface area (Å²) in [7, 11) is -3.48. The molecule has 2 heterocycles.